The normalized spacial score (nSPS) is 11.4. The van der Waals surface area contributed by atoms with Crippen LogP contribution in [0.4, 0.5) is 11.5 Å². The number of carbonyl (C=O) groups is 1. The Hall–Kier alpha value is -4.69. The first-order chi connectivity index (χ1) is 16.4. The van der Waals surface area contributed by atoms with Gasteiger partial charge in [0, 0.05) is 29.4 Å². The van der Waals surface area contributed by atoms with Gasteiger partial charge in [-0.05, 0) is 48.9 Å². The molecule has 10 nitrogen and oxygen atoms in total. The van der Waals surface area contributed by atoms with Gasteiger partial charge in [-0.1, -0.05) is 6.07 Å². The van der Waals surface area contributed by atoms with Crippen LogP contribution in [0.5, 0.6) is 0 Å². The molecule has 0 fully saturated rings. The number of amides is 1. The highest BCUT2D eigenvalue weighted by Crippen LogP contribution is 2.30. The first kappa shape index (κ1) is 21.2. The van der Waals surface area contributed by atoms with Crippen molar-refractivity contribution in [1.29, 1.82) is 5.26 Å². The highest BCUT2D eigenvalue weighted by Gasteiger charge is 2.19. The Morgan fingerprint density at radius 1 is 1.09 bits per heavy atom. The second-order valence-electron chi connectivity index (χ2n) is 7.51. The van der Waals surface area contributed by atoms with Crippen molar-refractivity contribution in [3.8, 4) is 6.07 Å². The monoisotopic (exact) mass is 471 g/mol. The molecule has 0 saturated heterocycles. The first-order valence-electron chi connectivity index (χ1n) is 10.1. The molecular weight excluding hydrogens is 454 g/mol. The lowest BCUT2D eigenvalue weighted by Crippen LogP contribution is -2.16. The van der Waals surface area contributed by atoms with E-state index >= 15 is 0 Å². The Morgan fingerprint density at radius 2 is 1.88 bits per heavy atom. The average Bonchev–Trinajstić information content (AvgIpc) is 3.49. The minimum Gasteiger partial charge on any atom is -0.358 e. The molecule has 5 aromatic rings. The van der Waals surface area contributed by atoms with Crippen LogP contribution >= 0.6 is 0 Å². The fourth-order valence-corrected chi connectivity index (χ4v) is 4.77. The van der Waals surface area contributed by atoms with Crippen LogP contribution in [0.3, 0.4) is 0 Å². The number of anilines is 2. The topological polar surface area (TPSA) is 145 Å². The number of rotatable bonds is 5. The van der Waals surface area contributed by atoms with E-state index in [1.807, 2.05) is 6.92 Å². The Labute approximate surface area is 193 Å². The Balaban J connectivity index is 1.39. The molecule has 2 aromatic carbocycles. The summed E-state index contributed by atoms with van der Waals surface area (Å²) in [5.74, 6) is 0.0139. The molecule has 3 N–H and O–H groups in total. The van der Waals surface area contributed by atoms with E-state index in [0.29, 0.717) is 33.6 Å². The third-order valence-electron chi connectivity index (χ3n) is 5.37. The number of benzene rings is 2. The van der Waals surface area contributed by atoms with Crippen LogP contribution in [0, 0.1) is 18.3 Å². The summed E-state index contributed by atoms with van der Waals surface area (Å²) < 4.78 is 30.0. The molecule has 34 heavy (non-hydrogen) atoms. The number of aromatic amines is 1. The van der Waals surface area contributed by atoms with E-state index in [2.05, 4.69) is 31.2 Å². The molecule has 0 radical (unpaired) electrons. The minimum atomic E-state index is -3.94. The number of aromatic nitrogens is 4. The highest BCUT2D eigenvalue weighted by atomic mass is 32.2. The molecule has 0 unspecified atom stereocenters. The fraction of sp³-hybridized carbons (Fsp3) is 0.0435. The van der Waals surface area contributed by atoms with Crippen LogP contribution in [-0.4, -0.2) is 33.9 Å². The molecule has 0 aliphatic carbocycles. The molecule has 0 atom stereocenters. The maximum Gasteiger partial charge on any atom is 0.261 e. The van der Waals surface area contributed by atoms with Crippen LogP contribution in [0.25, 0.3) is 16.6 Å². The standard InChI is InChI=1S/C23H17N7O3S/c1-14-2-7-18(22-21(14)16(12-24)13-26-22)29-34(32,33)17-5-3-15(4-6-17)23(31)28-20-8-10-25-19-9-11-27-30(19)20/h2-11,13,26,29H,1H3,(H,28,31). The molecule has 0 aliphatic heterocycles. The molecular formula is C23H17N7O3S. The van der Waals surface area contributed by atoms with E-state index < -0.39 is 15.9 Å². The highest BCUT2D eigenvalue weighted by molar-refractivity contribution is 7.92. The van der Waals surface area contributed by atoms with Gasteiger partial charge in [-0.3, -0.25) is 9.52 Å². The number of fused-ring (bicyclic) bond motifs is 2. The quantitative estimate of drug-likeness (QED) is 0.358. The second-order valence-corrected chi connectivity index (χ2v) is 9.19. The number of nitriles is 1. The molecule has 0 aliphatic rings. The molecule has 0 spiro atoms. The molecule has 11 heteroatoms. The first-order valence-corrected chi connectivity index (χ1v) is 11.6. The minimum absolute atomic E-state index is 0.0109. The molecule has 1 amide bonds. The van der Waals surface area contributed by atoms with Gasteiger partial charge in [0.2, 0.25) is 0 Å². The van der Waals surface area contributed by atoms with Crippen molar-refractivity contribution in [3.05, 3.63) is 83.8 Å². The second kappa shape index (κ2) is 8.02. The van der Waals surface area contributed by atoms with Crippen molar-refractivity contribution < 1.29 is 13.2 Å². The summed E-state index contributed by atoms with van der Waals surface area (Å²) in [6.45, 7) is 1.85. The van der Waals surface area contributed by atoms with Crippen LogP contribution in [-0.2, 0) is 10.0 Å². The number of H-pyrrole nitrogens is 1. The third kappa shape index (κ3) is 3.62. The molecule has 3 heterocycles. The number of hydrogen-bond donors (Lipinski definition) is 3. The fourth-order valence-electron chi connectivity index (χ4n) is 3.70. The van der Waals surface area contributed by atoms with Crippen LogP contribution in [0.2, 0.25) is 0 Å². The van der Waals surface area contributed by atoms with E-state index in [1.54, 1.807) is 42.9 Å². The molecule has 168 valence electrons. The van der Waals surface area contributed by atoms with Crippen molar-refractivity contribution >= 4 is 44.0 Å². The smallest absolute Gasteiger partial charge is 0.261 e. The van der Waals surface area contributed by atoms with Gasteiger partial charge in [0.05, 0.1) is 27.9 Å². The average molecular weight is 472 g/mol. The number of sulfonamides is 1. The Morgan fingerprint density at radius 3 is 2.65 bits per heavy atom. The number of nitrogens with one attached hydrogen (secondary N) is 3. The zero-order chi connectivity index (χ0) is 23.9. The number of aryl methyl sites for hydroxylation is 1. The van der Waals surface area contributed by atoms with Crippen LogP contribution < -0.4 is 10.0 Å². The largest absolute Gasteiger partial charge is 0.358 e. The summed E-state index contributed by atoms with van der Waals surface area (Å²) >= 11 is 0. The van der Waals surface area contributed by atoms with E-state index in [1.165, 1.54) is 28.8 Å². The third-order valence-corrected chi connectivity index (χ3v) is 6.75. The summed E-state index contributed by atoms with van der Waals surface area (Å²) in [5, 5.41) is 16.8. The molecule has 5 rings (SSSR count). The maximum absolute atomic E-state index is 13.0. The van der Waals surface area contributed by atoms with Gasteiger partial charge >= 0.3 is 0 Å². The van der Waals surface area contributed by atoms with Crippen molar-refractivity contribution in [2.24, 2.45) is 0 Å². The number of hydrogen-bond acceptors (Lipinski definition) is 6. The van der Waals surface area contributed by atoms with Gasteiger partial charge < -0.3 is 10.3 Å². The van der Waals surface area contributed by atoms with Gasteiger partial charge in [-0.2, -0.15) is 14.9 Å². The number of carbonyl (C=O) groups excluding carboxylic acids is 1. The predicted octanol–water partition coefficient (Wildman–Crippen LogP) is 3.44. The van der Waals surface area contributed by atoms with Gasteiger partial charge in [0.15, 0.2) is 5.65 Å². The zero-order valence-corrected chi connectivity index (χ0v) is 18.6. The van der Waals surface area contributed by atoms with Gasteiger partial charge in [-0.15, -0.1) is 0 Å². The summed E-state index contributed by atoms with van der Waals surface area (Å²) in [6.07, 6.45) is 4.67. The zero-order valence-electron chi connectivity index (χ0n) is 17.8. The van der Waals surface area contributed by atoms with Crippen molar-refractivity contribution in [3.63, 3.8) is 0 Å². The molecule has 0 bridgehead atoms. The summed E-state index contributed by atoms with van der Waals surface area (Å²) in [7, 11) is -3.94. The van der Waals surface area contributed by atoms with Gasteiger partial charge in [0.25, 0.3) is 15.9 Å². The molecule has 3 aromatic heterocycles. The van der Waals surface area contributed by atoms with E-state index in [9.17, 15) is 18.5 Å². The number of nitrogens with zero attached hydrogens (tertiary/aromatic N) is 4. The lowest BCUT2D eigenvalue weighted by molar-refractivity contribution is 0.102. The predicted molar refractivity (Wildman–Crippen MR) is 126 cm³/mol. The summed E-state index contributed by atoms with van der Waals surface area (Å²) in [5.41, 5.74) is 3.00. The van der Waals surface area contributed by atoms with Crippen molar-refractivity contribution in [2.75, 3.05) is 10.0 Å². The molecule has 0 saturated carbocycles. The maximum atomic E-state index is 13.0. The van der Waals surface area contributed by atoms with Crippen molar-refractivity contribution in [1.82, 2.24) is 19.6 Å². The van der Waals surface area contributed by atoms with E-state index in [0.717, 1.165) is 5.56 Å². The SMILES string of the molecule is Cc1ccc(NS(=O)(=O)c2ccc(C(=O)Nc3ccnc4ccnn34)cc2)c2[nH]cc(C#N)c12. The Bertz CT molecular complexity index is 1710. The van der Waals surface area contributed by atoms with Crippen molar-refractivity contribution in [2.45, 2.75) is 11.8 Å². The summed E-state index contributed by atoms with van der Waals surface area (Å²) in [6, 6.07) is 14.4. The lowest BCUT2D eigenvalue weighted by atomic mass is 10.1. The van der Waals surface area contributed by atoms with Crippen LogP contribution in [0.15, 0.2) is 72.0 Å². The summed E-state index contributed by atoms with van der Waals surface area (Å²) in [4.78, 5) is 19.8. The van der Waals surface area contributed by atoms with E-state index in [-0.39, 0.29) is 10.5 Å². The lowest BCUT2D eigenvalue weighted by Gasteiger charge is -2.11. The van der Waals surface area contributed by atoms with Gasteiger partial charge in [0.1, 0.15) is 11.9 Å². The van der Waals surface area contributed by atoms with Crippen LogP contribution in [0.1, 0.15) is 21.5 Å². The van der Waals surface area contributed by atoms with E-state index in [4.69, 9.17) is 0 Å². The van der Waals surface area contributed by atoms with Gasteiger partial charge in [-0.25, -0.2) is 13.4 Å². The Kier molecular flexibility index (Phi) is 4.99.